The van der Waals surface area contributed by atoms with Crippen LogP contribution >= 0.6 is 11.6 Å². The minimum Gasteiger partial charge on any atom is -0.496 e. The molecule has 4 saturated heterocycles. The number of aromatic nitrogens is 8. The van der Waals surface area contributed by atoms with E-state index in [0.717, 1.165) is 209 Å². The van der Waals surface area contributed by atoms with Crippen LogP contribution in [0.15, 0.2) is 130 Å². The number of nitrogens with zero attached hydrogens (tertiary/aromatic N) is 10. The number of nitro benzene ring substituents is 1. The average molecular weight is 1440 g/mol. The van der Waals surface area contributed by atoms with E-state index < -0.39 is 10.4 Å². The van der Waals surface area contributed by atoms with Crippen LogP contribution < -0.4 is 30.6 Å². The first kappa shape index (κ1) is 73.6. The SMILES string of the molecule is C.C.C1CN(C2COC2)CCN1.COc1cc2c(cc1-c1c(C)noc1C)[nH]c1nc(C)nc(-c3ccc(N)c4ccccc34)c12.COc1cc2c(cc1-c1c(C)noc1C)[nH]c1nc(C)nc(-c3ccc(NC(=O)N4CCN(C5COC5)CC4)c4ccccc34)c12.O=C(Cl)Oc1ccc([N+](=O)[O-])cc1. The number of hydrogen-bond acceptors (Lipinski definition) is 21. The lowest BCUT2D eigenvalue weighted by Gasteiger charge is -2.42. The standard InChI is InChI=1S/C35H35N7O4.C27H23N5O2.C7H4ClNO4.C7H14N2O.2CH4/c1-19-31(20(2)46-40-19)27-15-29-26(16-30(27)44-4)32-33(36-21(3)37-34(32)38-29)25-9-10-28(24-8-6-5-7-23(24)25)39-35(43)42-13-11-41(12-14-42)22-17-45-18-22;1-13-24(14(2)34-32-13)20-11-22-19(12-23(20)33-4)25-26(29-15(3)30-27(25)31-22)18-9-10-21(28)17-8-6-5-7-16(17)18;8-7(10)13-6-3-1-5(2-4-6)9(11)12;1-3-9(4-2-8-1)7-5-10-6-7;;/h5-10,15-16,22H,11-14,17-18H2,1-4H3,(H,39,43)(H,36,37,38);5-12H,28H2,1-4H3,(H,29,30,31);1-4H;7-8H,1-6H2;2*1H4. The molecule has 0 bridgehead atoms. The van der Waals surface area contributed by atoms with Gasteiger partial charge in [0.1, 0.15) is 51.7 Å². The zero-order valence-corrected chi connectivity index (χ0v) is 58.9. The number of H-pyrrole nitrogens is 2. The molecule has 4 fully saturated rings. The molecular weight excluding hydrogens is 1360 g/mol. The van der Waals surface area contributed by atoms with Crippen molar-refractivity contribution in [3.63, 3.8) is 0 Å². The van der Waals surface area contributed by atoms with Crippen molar-refractivity contribution in [2.45, 2.75) is 68.5 Å². The summed E-state index contributed by atoms with van der Waals surface area (Å²) >= 11 is 4.92. The number of benzene rings is 7. The lowest BCUT2D eigenvalue weighted by Crippen LogP contribution is -2.57. The number of ether oxygens (including phenoxy) is 5. The van der Waals surface area contributed by atoms with Crippen LogP contribution in [0.1, 0.15) is 49.4 Å². The highest BCUT2D eigenvalue weighted by molar-refractivity contribution is 6.61. The van der Waals surface area contributed by atoms with Gasteiger partial charge in [-0.05, 0) is 101 Å². The number of nitro groups is 1. The van der Waals surface area contributed by atoms with E-state index in [1.54, 1.807) is 14.2 Å². The number of aromatic amines is 2. The van der Waals surface area contributed by atoms with Gasteiger partial charge in [0.2, 0.25) is 0 Å². The van der Waals surface area contributed by atoms with Gasteiger partial charge < -0.3 is 64.0 Å². The maximum Gasteiger partial charge on any atom is 0.409 e. The number of fused-ring (bicyclic) bond motifs is 8. The summed E-state index contributed by atoms with van der Waals surface area (Å²) in [4.78, 5) is 66.5. The van der Waals surface area contributed by atoms with E-state index in [4.69, 9.17) is 65.3 Å². The predicted molar refractivity (Wildman–Crippen MR) is 410 cm³/mol. The molecule has 6 N–H and O–H groups in total. The normalized spacial score (nSPS) is 14.8. The van der Waals surface area contributed by atoms with Gasteiger partial charge in [0.05, 0.1) is 108 Å². The molecule has 0 unspecified atom stereocenters. The van der Waals surface area contributed by atoms with Crippen LogP contribution in [0.4, 0.5) is 26.7 Å². The second kappa shape index (κ2) is 31.5. The van der Waals surface area contributed by atoms with E-state index in [1.165, 1.54) is 37.4 Å². The van der Waals surface area contributed by atoms with Crippen molar-refractivity contribution >= 4 is 106 Å². The van der Waals surface area contributed by atoms with Gasteiger partial charge in [0.25, 0.3) is 5.69 Å². The van der Waals surface area contributed by atoms with Crippen LogP contribution in [0.2, 0.25) is 0 Å². The summed E-state index contributed by atoms with van der Waals surface area (Å²) < 4.78 is 37.5. The van der Waals surface area contributed by atoms with Crippen LogP contribution in [0.25, 0.3) is 110 Å². The monoisotopic (exact) mass is 1440 g/mol. The van der Waals surface area contributed by atoms with Crippen LogP contribution in [-0.2, 0) is 9.47 Å². The van der Waals surface area contributed by atoms with E-state index in [9.17, 15) is 19.7 Å². The Morgan fingerprint density at radius 1 is 0.581 bits per heavy atom. The van der Waals surface area contributed by atoms with Crippen molar-refractivity contribution in [2.75, 3.05) is 104 Å². The maximum atomic E-state index is 13.4. The molecule has 13 aromatic rings. The fourth-order valence-corrected chi connectivity index (χ4v) is 14.1. The van der Waals surface area contributed by atoms with Crippen LogP contribution in [0.3, 0.4) is 0 Å². The summed E-state index contributed by atoms with van der Waals surface area (Å²) in [6.45, 7) is 22.8. The van der Waals surface area contributed by atoms with Gasteiger partial charge in [-0.2, -0.15) is 0 Å². The molecule has 10 heterocycles. The molecule has 7 aromatic carbocycles. The summed E-state index contributed by atoms with van der Waals surface area (Å²) in [6, 6.07) is 38.6. The summed E-state index contributed by atoms with van der Waals surface area (Å²) in [6.07, 6.45) is 0. The number of nitrogen functional groups attached to an aromatic ring is 1. The predicted octanol–water partition coefficient (Wildman–Crippen LogP) is 15.1. The fourth-order valence-electron chi connectivity index (χ4n) is 14.0. The van der Waals surface area contributed by atoms with Gasteiger partial charge in [-0.15, -0.1) is 0 Å². The van der Waals surface area contributed by atoms with E-state index in [-0.39, 0.29) is 32.3 Å². The molecule has 27 heteroatoms. The quantitative estimate of drug-likeness (QED) is 0.0348. The molecule has 105 heavy (non-hydrogen) atoms. The first-order valence-electron chi connectivity index (χ1n) is 33.9. The number of methoxy groups -OCH3 is 2. The van der Waals surface area contributed by atoms with Crippen molar-refractivity contribution in [3.8, 4) is 62.0 Å². The first-order valence-corrected chi connectivity index (χ1v) is 34.2. The number of anilines is 2. The smallest absolute Gasteiger partial charge is 0.409 e. The minimum absolute atomic E-state index is 0. The molecule has 2 amide bonds. The molecule has 544 valence electrons. The number of hydrogen-bond donors (Lipinski definition) is 5. The van der Waals surface area contributed by atoms with Gasteiger partial charge in [0, 0.05) is 137 Å². The van der Waals surface area contributed by atoms with Crippen molar-refractivity contribution in [1.29, 1.82) is 0 Å². The number of nitrogens with one attached hydrogen (secondary N) is 4. The zero-order chi connectivity index (χ0) is 71.7. The molecule has 0 saturated carbocycles. The van der Waals surface area contributed by atoms with E-state index in [0.29, 0.717) is 36.5 Å². The van der Waals surface area contributed by atoms with E-state index in [2.05, 4.69) is 69.7 Å². The summed E-state index contributed by atoms with van der Waals surface area (Å²) in [5.74, 6) is 4.43. The Morgan fingerprint density at radius 3 is 1.50 bits per heavy atom. The molecule has 0 radical (unpaired) electrons. The van der Waals surface area contributed by atoms with Crippen molar-refractivity contribution < 1.29 is 47.2 Å². The molecule has 6 aromatic heterocycles. The Morgan fingerprint density at radius 2 is 1.05 bits per heavy atom. The Bertz CT molecular complexity index is 5340. The van der Waals surface area contributed by atoms with Crippen LogP contribution in [0.5, 0.6) is 17.2 Å². The van der Waals surface area contributed by atoms with Crippen molar-refractivity contribution in [1.82, 2.24) is 60.2 Å². The number of carbonyl (C=O) groups is 2. The number of non-ortho nitro benzene ring substituents is 1. The number of piperazine rings is 2. The van der Waals surface area contributed by atoms with Crippen LogP contribution in [-0.4, -0.2) is 176 Å². The molecule has 26 nitrogen and oxygen atoms in total. The van der Waals surface area contributed by atoms with Crippen molar-refractivity contribution in [2.24, 2.45) is 0 Å². The number of halogens is 1. The number of rotatable bonds is 11. The highest BCUT2D eigenvalue weighted by Crippen LogP contribution is 2.46. The molecule has 4 aliphatic rings. The highest BCUT2D eigenvalue weighted by Gasteiger charge is 2.32. The summed E-state index contributed by atoms with van der Waals surface area (Å²) in [5.41, 5.74) is 19.0. The minimum atomic E-state index is -0.978. The molecule has 0 aliphatic carbocycles. The number of amides is 2. The van der Waals surface area contributed by atoms with Crippen molar-refractivity contribution in [3.05, 3.63) is 166 Å². The van der Waals surface area contributed by atoms with E-state index in [1.807, 2.05) is 119 Å². The molecule has 0 spiro atoms. The Balaban J connectivity index is 0.000000152. The third-order valence-corrected chi connectivity index (χ3v) is 19.4. The third kappa shape index (κ3) is 14.9. The summed E-state index contributed by atoms with van der Waals surface area (Å²) in [5, 5.41) is 32.8. The molecule has 4 aliphatic heterocycles. The topological polar surface area (TPSA) is 318 Å². The molecule has 0 atom stereocenters. The Labute approximate surface area is 610 Å². The largest absolute Gasteiger partial charge is 0.496 e. The Kier molecular flexibility index (Phi) is 22.1. The lowest BCUT2D eigenvalue weighted by atomic mass is 9.97. The van der Waals surface area contributed by atoms with Crippen LogP contribution in [0, 0.1) is 51.7 Å². The van der Waals surface area contributed by atoms with Gasteiger partial charge >= 0.3 is 11.5 Å². The van der Waals surface area contributed by atoms with E-state index >= 15 is 0 Å². The fraction of sp³-hybridized carbons (Fsp3) is 0.308. The summed E-state index contributed by atoms with van der Waals surface area (Å²) in [7, 11) is 3.34. The highest BCUT2D eigenvalue weighted by atomic mass is 35.5. The molecule has 17 rings (SSSR count). The number of urea groups is 1. The van der Waals surface area contributed by atoms with Gasteiger partial charge in [-0.25, -0.2) is 29.5 Å². The average Bonchev–Trinajstić information content (AvgIpc) is 1.61. The van der Waals surface area contributed by atoms with Gasteiger partial charge in [-0.3, -0.25) is 19.9 Å². The first-order chi connectivity index (χ1) is 49.9. The zero-order valence-electron chi connectivity index (χ0n) is 58.1. The molecular formula is C78H84ClN15O11. The number of carbonyl (C=O) groups excluding carboxylic acids is 2. The lowest BCUT2D eigenvalue weighted by molar-refractivity contribution is -0.384. The third-order valence-electron chi connectivity index (χ3n) is 19.3. The Hall–Kier alpha value is -11.1. The van der Waals surface area contributed by atoms with Gasteiger partial charge in [-0.1, -0.05) is 85.8 Å². The number of aryl methyl sites for hydroxylation is 6. The maximum absolute atomic E-state index is 13.4. The van der Waals surface area contributed by atoms with Gasteiger partial charge in [0.15, 0.2) is 0 Å². The second-order valence-electron chi connectivity index (χ2n) is 25.7. The number of nitrogens with two attached hydrogens (primary N) is 1. The second-order valence-corrected chi connectivity index (χ2v) is 26.0.